The van der Waals surface area contributed by atoms with Crippen LogP contribution in [0.15, 0.2) is 30.3 Å². The van der Waals surface area contributed by atoms with Crippen molar-refractivity contribution in [1.29, 1.82) is 0 Å². The molecule has 2 N–H and O–H groups in total. The van der Waals surface area contributed by atoms with Gasteiger partial charge in [0.2, 0.25) is 5.91 Å². The summed E-state index contributed by atoms with van der Waals surface area (Å²) in [5, 5.41) is 6.47. The molecule has 7 heteroatoms. The maximum absolute atomic E-state index is 12.8. The van der Waals surface area contributed by atoms with E-state index in [1.54, 1.807) is 0 Å². The normalized spacial score (nSPS) is 23.0. The highest BCUT2D eigenvalue weighted by Gasteiger charge is 2.39. The number of nitrogens with one attached hydrogen (secondary N) is 2. The van der Waals surface area contributed by atoms with Gasteiger partial charge >= 0.3 is 0 Å². The molecule has 1 aromatic rings. The summed E-state index contributed by atoms with van der Waals surface area (Å²) in [5.74, 6) is 0.0985. The van der Waals surface area contributed by atoms with Crippen molar-refractivity contribution in [2.45, 2.75) is 26.2 Å². The van der Waals surface area contributed by atoms with Gasteiger partial charge in [0.15, 0.2) is 0 Å². The first-order valence-electron chi connectivity index (χ1n) is 10.1. The van der Waals surface area contributed by atoms with Crippen molar-refractivity contribution < 1.29 is 9.59 Å². The number of hydrogen-bond donors (Lipinski definition) is 2. The van der Waals surface area contributed by atoms with Crippen LogP contribution in [0.5, 0.6) is 0 Å². The fourth-order valence-electron chi connectivity index (χ4n) is 4.01. The second kappa shape index (κ2) is 10.8. The molecular weight excluding hydrogens is 376 g/mol. The molecule has 2 aliphatic rings. The standard InChI is InChI=1S/C21H32N4O2.ClH/c1-21(20(27)23-10-6-13-24-15-11-22-12-16-24)9-5-14-25(17-21)19(26)18-7-3-2-4-8-18;/h2-4,7-8,22H,5-6,9-17H2,1H3,(H,23,27);1H. The number of carbonyl (C=O) groups excluding carboxylic acids is 2. The molecule has 0 saturated carbocycles. The summed E-state index contributed by atoms with van der Waals surface area (Å²) in [5.41, 5.74) is 0.191. The third-order valence-electron chi connectivity index (χ3n) is 5.70. The number of carbonyl (C=O) groups is 2. The summed E-state index contributed by atoms with van der Waals surface area (Å²) >= 11 is 0. The number of nitrogens with zero attached hydrogens (tertiary/aromatic N) is 2. The Labute approximate surface area is 174 Å². The van der Waals surface area contributed by atoms with Crippen LogP contribution in [-0.4, -0.2) is 74.0 Å². The summed E-state index contributed by atoms with van der Waals surface area (Å²) in [6.07, 6.45) is 2.66. The molecule has 3 rings (SSSR count). The molecule has 0 radical (unpaired) electrons. The molecule has 1 atom stereocenters. The molecule has 2 aliphatic heterocycles. The number of piperidine rings is 1. The molecule has 2 amide bonds. The molecule has 0 aromatic heterocycles. The fourth-order valence-corrected chi connectivity index (χ4v) is 4.01. The lowest BCUT2D eigenvalue weighted by Gasteiger charge is -2.39. The Hall–Kier alpha value is -1.63. The predicted molar refractivity (Wildman–Crippen MR) is 114 cm³/mol. The van der Waals surface area contributed by atoms with Gasteiger partial charge in [0.1, 0.15) is 0 Å². The zero-order valence-electron chi connectivity index (χ0n) is 16.8. The second-order valence-corrected chi connectivity index (χ2v) is 7.96. The van der Waals surface area contributed by atoms with Crippen LogP contribution in [0.2, 0.25) is 0 Å². The first-order chi connectivity index (χ1) is 13.1. The van der Waals surface area contributed by atoms with Crippen molar-refractivity contribution in [3.05, 3.63) is 35.9 Å². The van der Waals surface area contributed by atoms with Crippen molar-refractivity contribution in [2.24, 2.45) is 5.41 Å². The molecular formula is C21H33ClN4O2. The predicted octanol–water partition coefficient (Wildman–Crippen LogP) is 1.76. The van der Waals surface area contributed by atoms with Crippen LogP contribution in [0.4, 0.5) is 0 Å². The maximum atomic E-state index is 12.8. The first-order valence-corrected chi connectivity index (χ1v) is 10.1. The summed E-state index contributed by atoms with van der Waals surface area (Å²) < 4.78 is 0. The largest absolute Gasteiger partial charge is 0.356 e. The van der Waals surface area contributed by atoms with Crippen LogP contribution in [-0.2, 0) is 4.79 Å². The van der Waals surface area contributed by atoms with Crippen LogP contribution in [0.1, 0.15) is 36.5 Å². The van der Waals surface area contributed by atoms with Gasteiger partial charge in [-0.3, -0.25) is 9.59 Å². The van der Waals surface area contributed by atoms with E-state index in [1.807, 2.05) is 42.2 Å². The molecule has 28 heavy (non-hydrogen) atoms. The van der Waals surface area contributed by atoms with Gasteiger partial charge in [0.05, 0.1) is 5.41 Å². The third kappa shape index (κ3) is 5.93. The number of hydrogen-bond acceptors (Lipinski definition) is 4. The Morgan fingerprint density at radius 2 is 1.86 bits per heavy atom. The van der Waals surface area contributed by atoms with E-state index >= 15 is 0 Å². The van der Waals surface area contributed by atoms with Crippen molar-refractivity contribution in [3.63, 3.8) is 0 Å². The minimum Gasteiger partial charge on any atom is -0.356 e. The molecule has 0 aliphatic carbocycles. The van der Waals surface area contributed by atoms with Crippen molar-refractivity contribution >= 4 is 24.2 Å². The van der Waals surface area contributed by atoms with E-state index < -0.39 is 5.41 Å². The minimum atomic E-state index is -0.502. The Morgan fingerprint density at radius 1 is 1.14 bits per heavy atom. The van der Waals surface area contributed by atoms with Crippen LogP contribution in [0, 0.1) is 5.41 Å². The van der Waals surface area contributed by atoms with Crippen molar-refractivity contribution in [1.82, 2.24) is 20.4 Å². The summed E-state index contributed by atoms with van der Waals surface area (Å²) in [7, 11) is 0. The highest BCUT2D eigenvalue weighted by Crippen LogP contribution is 2.30. The van der Waals surface area contributed by atoms with E-state index in [4.69, 9.17) is 0 Å². The highest BCUT2D eigenvalue weighted by molar-refractivity contribution is 5.95. The molecule has 2 heterocycles. The number of piperazine rings is 1. The van der Waals surface area contributed by atoms with Gasteiger partial charge < -0.3 is 20.4 Å². The third-order valence-corrected chi connectivity index (χ3v) is 5.70. The molecule has 1 aromatic carbocycles. The quantitative estimate of drug-likeness (QED) is 0.704. The lowest BCUT2D eigenvalue weighted by Crippen LogP contribution is -2.52. The van der Waals surface area contributed by atoms with Gasteiger partial charge in [-0.25, -0.2) is 0 Å². The van der Waals surface area contributed by atoms with Gasteiger partial charge in [0.25, 0.3) is 5.91 Å². The van der Waals surface area contributed by atoms with E-state index in [9.17, 15) is 9.59 Å². The summed E-state index contributed by atoms with van der Waals surface area (Å²) in [6.45, 7) is 9.20. The van der Waals surface area contributed by atoms with Crippen LogP contribution in [0.25, 0.3) is 0 Å². The molecule has 0 spiro atoms. The van der Waals surface area contributed by atoms with Gasteiger partial charge in [-0.05, 0) is 44.9 Å². The molecule has 0 bridgehead atoms. The van der Waals surface area contributed by atoms with E-state index in [2.05, 4.69) is 15.5 Å². The van der Waals surface area contributed by atoms with E-state index in [1.165, 1.54) is 0 Å². The van der Waals surface area contributed by atoms with Gasteiger partial charge in [-0.2, -0.15) is 0 Å². The minimum absolute atomic E-state index is 0. The van der Waals surface area contributed by atoms with E-state index in [0.717, 1.165) is 58.5 Å². The average molecular weight is 409 g/mol. The lowest BCUT2D eigenvalue weighted by atomic mass is 9.80. The number of rotatable bonds is 6. The number of halogens is 1. The van der Waals surface area contributed by atoms with Crippen LogP contribution < -0.4 is 10.6 Å². The number of likely N-dealkylation sites (tertiary alicyclic amines) is 1. The van der Waals surface area contributed by atoms with Crippen LogP contribution >= 0.6 is 12.4 Å². The van der Waals surface area contributed by atoms with Gasteiger partial charge in [0, 0.05) is 51.4 Å². The topological polar surface area (TPSA) is 64.7 Å². The molecule has 1 unspecified atom stereocenters. The van der Waals surface area contributed by atoms with E-state index in [0.29, 0.717) is 18.7 Å². The van der Waals surface area contributed by atoms with E-state index in [-0.39, 0.29) is 24.2 Å². The maximum Gasteiger partial charge on any atom is 0.253 e. The Bertz CT molecular complexity index is 637. The average Bonchev–Trinajstić information content (AvgIpc) is 2.72. The summed E-state index contributed by atoms with van der Waals surface area (Å²) in [4.78, 5) is 29.8. The molecule has 2 fully saturated rings. The van der Waals surface area contributed by atoms with Crippen LogP contribution in [0.3, 0.4) is 0 Å². The molecule has 2 saturated heterocycles. The molecule has 6 nitrogen and oxygen atoms in total. The smallest absolute Gasteiger partial charge is 0.253 e. The Kier molecular flexibility index (Phi) is 8.73. The Morgan fingerprint density at radius 3 is 2.57 bits per heavy atom. The lowest BCUT2D eigenvalue weighted by molar-refractivity contribution is -0.132. The first kappa shape index (κ1) is 22.7. The zero-order valence-corrected chi connectivity index (χ0v) is 17.6. The van der Waals surface area contributed by atoms with Gasteiger partial charge in [-0.1, -0.05) is 18.2 Å². The summed E-state index contributed by atoms with van der Waals surface area (Å²) in [6, 6.07) is 9.34. The number of amides is 2. The second-order valence-electron chi connectivity index (χ2n) is 7.96. The van der Waals surface area contributed by atoms with Gasteiger partial charge in [-0.15, -0.1) is 12.4 Å². The molecule has 156 valence electrons. The van der Waals surface area contributed by atoms with Crippen molar-refractivity contribution in [2.75, 3.05) is 52.4 Å². The highest BCUT2D eigenvalue weighted by atomic mass is 35.5. The SMILES string of the molecule is CC1(C(=O)NCCCN2CCNCC2)CCCN(C(=O)c2ccccc2)C1.Cl. The monoisotopic (exact) mass is 408 g/mol. The fraction of sp³-hybridized carbons (Fsp3) is 0.619. The zero-order chi connectivity index (χ0) is 19.1. The van der Waals surface area contributed by atoms with Crippen molar-refractivity contribution in [3.8, 4) is 0 Å². The number of benzene rings is 1. The Balaban J connectivity index is 0.00000280.